The quantitative estimate of drug-likeness (QED) is 0.743. The van der Waals surface area contributed by atoms with Crippen molar-refractivity contribution in [3.05, 3.63) is 6.33 Å². The van der Waals surface area contributed by atoms with Gasteiger partial charge >= 0.3 is 0 Å². The molecule has 4 rings (SSSR count). The number of aromatic nitrogens is 4. The van der Waals surface area contributed by atoms with Gasteiger partial charge in [0.2, 0.25) is 5.95 Å². The number of aliphatic hydroxyl groups is 2. The SMILES string of the molecule is CN(c1nc(N)nc2c1ncn2[C@H]1C[C@H](CO)[C@@H](O)C1)C1CC1. The van der Waals surface area contributed by atoms with Crippen LogP contribution in [0.25, 0.3) is 11.2 Å². The van der Waals surface area contributed by atoms with Gasteiger partial charge < -0.3 is 25.4 Å². The number of hydrogen-bond donors (Lipinski definition) is 3. The summed E-state index contributed by atoms with van der Waals surface area (Å²) in [6.45, 7) is -0.00289. The van der Waals surface area contributed by atoms with Crippen LogP contribution in [-0.2, 0) is 0 Å². The van der Waals surface area contributed by atoms with E-state index in [1.807, 2.05) is 11.6 Å². The van der Waals surface area contributed by atoms with E-state index in [0.29, 0.717) is 24.5 Å². The Balaban J connectivity index is 1.75. The van der Waals surface area contributed by atoms with Gasteiger partial charge in [-0.15, -0.1) is 0 Å². The Hall–Kier alpha value is -1.93. The molecule has 0 bridgehead atoms. The Morgan fingerprint density at radius 2 is 2.13 bits per heavy atom. The molecule has 2 aliphatic rings. The summed E-state index contributed by atoms with van der Waals surface area (Å²) in [5, 5.41) is 19.4. The summed E-state index contributed by atoms with van der Waals surface area (Å²) in [6, 6.07) is 0.574. The minimum absolute atomic E-state index is 0.00289. The monoisotopic (exact) mass is 318 g/mol. The van der Waals surface area contributed by atoms with E-state index in [1.54, 1.807) is 6.33 Å². The summed E-state index contributed by atoms with van der Waals surface area (Å²) in [7, 11) is 2.01. The highest BCUT2D eigenvalue weighted by molar-refractivity contribution is 5.85. The van der Waals surface area contributed by atoms with Gasteiger partial charge in [0.15, 0.2) is 17.0 Å². The summed E-state index contributed by atoms with van der Waals surface area (Å²) in [5.74, 6) is 0.912. The fourth-order valence-electron chi connectivity index (χ4n) is 3.56. The largest absolute Gasteiger partial charge is 0.396 e. The van der Waals surface area contributed by atoms with E-state index in [4.69, 9.17) is 5.73 Å². The highest BCUT2D eigenvalue weighted by Gasteiger charge is 2.35. The zero-order chi connectivity index (χ0) is 16.1. The highest BCUT2D eigenvalue weighted by atomic mass is 16.3. The molecule has 8 nitrogen and oxygen atoms in total. The van der Waals surface area contributed by atoms with Crippen LogP contribution < -0.4 is 10.6 Å². The molecule has 4 N–H and O–H groups in total. The molecule has 2 aliphatic carbocycles. The Bertz CT molecular complexity index is 728. The summed E-state index contributed by atoms with van der Waals surface area (Å²) in [5.41, 5.74) is 7.36. The van der Waals surface area contributed by atoms with Gasteiger partial charge in [-0.3, -0.25) is 0 Å². The van der Waals surface area contributed by atoms with Gasteiger partial charge in [-0.25, -0.2) is 4.98 Å². The minimum Gasteiger partial charge on any atom is -0.396 e. The first-order valence-electron chi connectivity index (χ1n) is 8.10. The van der Waals surface area contributed by atoms with E-state index in [9.17, 15) is 10.2 Å². The van der Waals surface area contributed by atoms with Crippen molar-refractivity contribution < 1.29 is 10.2 Å². The van der Waals surface area contributed by atoms with Gasteiger partial charge in [0.1, 0.15) is 0 Å². The second-order valence-corrected chi connectivity index (χ2v) is 6.71. The topological polar surface area (TPSA) is 113 Å². The molecule has 2 aromatic rings. The number of fused-ring (bicyclic) bond motifs is 1. The van der Waals surface area contributed by atoms with E-state index in [1.165, 1.54) is 0 Å². The average molecular weight is 318 g/mol. The summed E-state index contributed by atoms with van der Waals surface area (Å²) in [6.07, 6.45) is 4.89. The molecule has 0 aromatic carbocycles. The maximum absolute atomic E-state index is 10.0. The average Bonchev–Trinajstić information content (AvgIpc) is 3.20. The van der Waals surface area contributed by atoms with Crippen LogP contribution >= 0.6 is 0 Å². The predicted molar refractivity (Wildman–Crippen MR) is 86.0 cm³/mol. The number of hydrogen-bond acceptors (Lipinski definition) is 7. The molecule has 2 heterocycles. The standard InChI is InChI=1S/C15H22N6O2/c1-20(9-2-3-9)13-12-14(19-15(16)18-13)21(7-17-12)10-4-8(6-22)11(23)5-10/h7-11,22-23H,2-6H2,1H3,(H2,16,18,19)/t8-,10+,11+/m1/s1. The molecule has 124 valence electrons. The van der Waals surface area contributed by atoms with Crippen molar-refractivity contribution in [2.75, 3.05) is 24.3 Å². The van der Waals surface area contributed by atoms with Gasteiger partial charge in [0, 0.05) is 31.7 Å². The number of aliphatic hydroxyl groups excluding tert-OH is 2. The first kappa shape index (κ1) is 14.6. The van der Waals surface area contributed by atoms with Crippen LogP contribution in [0.2, 0.25) is 0 Å². The van der Waals surface area contributed by atoms with Crippen molar-refractivity contribution in [2.45, 2.75) is 43.9 Å². The van der Waals surface area contributed by atoms with Gasteiger partial charge in [-0.2, -0.15) is 9.97 Å². The second kappa shape index (κ2) is 5.31. The minimum atomic E-state index is -0.491. The first-order chi connectivity index (χ1) is 11.1. The van der Waals surface area contributed by atoms with E-state index >= 15 is 0 Å². The second-order valence-electron chi connectivity index (χ2n) is 6.71. The normalized spacial score (nSPS) is 27.7. The molecule has 2 saturated carbocycles. The Morgan fingerprint density at radius 1 is 1.35 bits per heavy atom. The third kappa shape index (κ3) is 2.42. The van der Waals surface area contributed by atoms with Crippen LogP contribution in [0.3, 0.4) is 0 Å². The molecule has 0 spiro atoms. The van der Waals surface area contributed by atoms with Crippen molar-refractivity contribution in [1.82, 2.24) is 19.5 Å². The molecule has 0 amide bonds. The molecule has 0 unspecified atom stereocenters. The lowest BCUT2D eigenvalue weighted by atomic mass is 10.1. The number of imidazole rings is 1. The van der Waals surface area contributed by atoms with Gasteiger partial charge in [-0.05, 0) is 25.7 Å². The van der Waals surface area contributed by atoms with Crippen LogP contribution in [0.15, 0.2) is 6.33 Å². The van der Waals surface area contributed by atoms with Crippen molar-refractivity contribution in [3.8, 4) is 0 Å². The number of nitrogen functional groups attached to an aromatic ring is 1. The maximum Gasteiger partial charge on any atom is 0.224 e. The first-order valence-corrected chi connectivity index (χ1v) is 8.10. The van der Waals surface area contributed by atoms with Crippen molar-refractivity contribution >= 4 is 22.9 Å². The fraction of sp³-hybridized carbons (Fsp3) is 0.667. The zero-order valence-corrected chi connectivity index (χ0v) is 13.1. The van der Waals surface area contributed by atoms with E-state index in [0.717, 1.165) is 24.2 Å². The molecule has 0 radical (unpaired) electrons. The molecule has 3 atom stereocenters. The molecule has 0 saturated heterocycles. The van der Waals surface area contributed by atoms with Crippen LogP contribution in [0.5, 0.6) is 0 Å². The highest BCUT2D eigenvalue weighted by Crippen LogP contribution is 2.38. The molecule has 2 fully saturated rings. The summed E-state index contributed by atoms with van der Waals surface area (Å²) in [4.78, 5) is 15.4. The van der Waals surface area contributed by atoms with Gasteiger partial charge in [0.05, 0.1) is 12.4 Å². The van der Waals surface area contributed by atoms with Crippen molar-refractivity contribution in [3.63, 3.8) is 0 Å². The van der Waals surface area contributed by atoms with Gasteiger partial charge in [0.25, 0.3) is 0 Å². The molecular formula is C15H22N6O2. The Labute approximate surface area is 134 Å². The number of anilines is 2. The van der Waals surface area contributed by atoms with Gasteiger partial charge in [-0.1, -0.05) is 0 Å². The molecule has 0 aliphatic heterocycles. The van der Waals surface area contributed by atoms with Crippen LogP contribution in [-0.4, -0.2) is 55.5 Å². The molecular weight excluding hydrogens is 296 g/mol. The Kier molecular flexibility index (Phi) is 3.38. The molecule has 2 aromatic heterocycles. The van der Waals surface area contributed by atoms with Crippen molar-refractivity contribution in [1.29, 1.82) is 0 Å². The van der Waals surface area contributed by atoms with Crippen LogP contribution in [0, 0.1) is 5.92 Å². The fourth-order valence-corrected chi connectivity index (χ4v) is 3.56. The summed E-state index contributed by atoms with van der Waals surface area (Å²) < 4.78 is 1.97. The number of rotatable bonds is 4. The maximum atomic E-state index is 10.0. The van der Waals surface area contributed by atoms with Crippen LogP contribution in [0.4, 0.5) is 11.8 Å². The van der Waals surface area contributed by atoms with E-state index in [2.05, 4.69) is 19.9 Å². The molecule has 23 heavy (non-hydrogen) atoms. The smallest absolute Gasteiger partial charge is 0.224 e. The zero-order valence-electron chi connectivity index (χ0n) is 13.1. The molecule has 8 heteroatoms. The number of nitrogens with two attached hydrogens (primary N) is 1. The predicted octanol–water partition coefficient (Wildman–Crippen LogP) is 0.311. The Morgan fingerprint density at radius 3 is 2.78 bits per heavy atom. The lowest BCUT2D eigenvalue weighted by Crippen LogP contribution is -2.22. The number of nitrogens with zero attached hydrogens (tertiary/aromatic N) is 5. The third-order valence-corrected chi connectivity index (χ3v) is 5.11. The van der Waals surface area contributed by atoms with Crippen molar-refractivity contribution in [2.24, 2.45) is 5.92 Å². The van der Waals surface area contributed by atoms with E-state index < -0.39 is 6.10 Å². The lowest BCUT2D eigenvalue weighted by molar-refractivity contribution is 0.0906. The van der Waals surface area contributed by atoms with Crippen LogP contribution in [0.1, 0.15) is 31.7 Å². The third-order valence-electron chi connectivity index (χ3n) is 5.11. The lowest BCUT2D eigenvalue weighted by Gasteiger charge is -2.18. The summed E-state index contributed by atoms with van der Waals surface area (Å²) >= 11 is 0. The van der Waals surface area contributed by atoms with E-state index in [-0.39, 0.29) is 24.5 Å².